The molecule has 0 aliphatic carbocycles. The van der Waals surface area contributed by atoms with Crippen LogP contribution in [0.3, 0.4) is 0 Å². The lowest BCUT2D eigenvalue weighted by molar-refractivity contribution is -0.275. The molecule has 33 heavy (non-hydrogen) atoms. The zero-order valence-corrected chi connectivity index (χ0v) is 17.5. The number of hydrogen-bond acceptors (Lipinski definition) is 4. The molecular weight excluding hydrogens is 464 g/mol. The van der Waals surface area contributed by atoms with Gasteiger partial charge in [0, 0.05) is 28.1 Å². The average Bonchev–Trinajstić information content (AvgIpc) is 3.23. The SMILES string of the molecule is O=CCNC(=O)c1ccc(C2=NOC(c3cc(F)cc(Cl)c3)(C(F)(F)F)C2)c2ccccc12. The smallest absolute Gasteiger partial charge is 0.374 e. The van der Waals surface area contributed by atoms with Gasteiger partial charge in [-0.15, -0.1) is 0 Å². The Morgan fingerprint density at radius 2 is 1.88 bits per heavy atom. The van der Waals surface area contributed by atoms with Crippen LogP contribution in [0.15, 0.2) is 59.8 Å². The van der Waals surface area contributed by atoms with Gasteiger partial charge in [0.05, 0.1) is 12.3 Å². The molecule has 5 nitrogen and oxygen atoms in total. The van der Waals surface area contributed by atoms with Crippen LogP contribution in [0.5, 0.6) is 0 Å². The van der Waals surface area contributed by atoms with Crippen molar-refractivity contribution >= 4 is 40.3 Å². The van der Waals surface area contributed by atoms with E-state index in [2.05, 4.69) is 10.5 Å². The maximum atomic E-state index is 14.2. The first kappa shape index (κ1) is 22.7. The van der Waals surface area contributed by atoms with Crippen LogP contribution in [0, 0.1) is 5.82 Å². The minimum Gasteiger partial charge on any atom is -0.374 e. The predicted molar refractivity (Wildman–Crippen MR) is 114 cm³/mol. The van der Waals surface area contributed by atoms with Crippen molar-refractivity contribution in [3.05, 3.63) is 82.1 Å². The summed E-state index contributed by atoms with van der Waals surface area (Å²) in [7, 11) is 0. The van der Waals surface area contributed by atoms with Crippen LogP contribution in [0.4, 0.5) is 17.6 Å². The number of alkyl halides is 3. The molecule has 1 aliphatic rings. The fraction of sp³-hybridized carbons (Fsp3) is 0.174. The first-order valence-electron chi connectivity index (χ1n) is 9.68. The van der Waals surface area contributed by atoms with Gasteiger partial charge in [-0.2, -0.15) is 13.2 Å². The minimum atomic E-state index is -4.93. The van der Waals surface area contributed by atoms with Crippen LogP contribution in [0.25, 0.3) is 10.8 Å². The molecule has 0 fully saturated rings. The normalized spacial score (nSPS) is 18.0. The van der Waals surface area contributed by atoms with E-state index in [0.29, 0.717) is 22.6 Å². The number of fused-ring (bicyclic) bond motifs is 1. The fourth-order valence-electron chi connectivity index (χ4n) is 3.81. The van der Waals surface area contributed by atoms with Crippen LogP contribution in [0.2, 0.25) is 5.02 Å². The van der Waals surface area contributed by atoms with Crippen molar-refractivity contribution in [1.29, 1.82) is 0 Å². The van der Waals surface area contributed by atoms with Crippen LogP contribution < -0.4 is 5.32 Å². The predicted octanol–water partition coefficient (Wildman–Crippen LogP) is 5.14. The Hall–Kier alpha value is -3.46. The highest BCUT2D eigenvalue weighted by atomic mass is 35.5. The van der Waals surface area contributed by atoms with Gasteiger partial charge in [0.15, 0.2) is 0 Å². The summed E-state index contributed by atoms with van der Waals surface area (Å²) in [5.41, 5.74) is -2.88. The van der Waals surface area contributed by atoms with Gasteiger partial charge >= 0.3 is 6.18 Å². The van der Waals surface area contributed by atoms with Gasteiger partial charge < -0.3 is 14.9 Å². The van der Waals surface area contributed by atoms with Crippen molar-refractivity contribution in [2.24, 2.45) is 5.16 Å². The van der Waals surface area contributed by atoms with Gasteiger partial charge in [-0.3, -0.25) is 4.79 Å². The molecule has 0 saturated carbocycles. The molecule has 4 rings (SSSR count). The lowest BCUT2D eigenvalue weighted by atomic mass is 9.85. The quantitative estimate of drug-likeness (QED) is 0.408. The zero-order chi connectivity index (χ0) is 23.8. The van der Waals surface area contributed by atoms with Crippen LogP contribution in [0.1, 0.15) is 27.9 Å². The van der Waals surface area contributed by atoms with Crippen molar-refractivity contribution in [1.82, 2.24) is 5.32 Å². The maximum absolute atomic E-state index is 14.2. The number of aldehydes is 1. The summed E-state index contributed by atoms with van der Waals surface area (Å²) >= 11 is 5.80. The summed E-state index contributed by atoms with van der Waals surface area (Å²) in [6.07, 6.45) is -5.12. The van der Waals surface area contributed by atoms with Crippen LogP contribution in [-0.4, -0.2) is 30.6 Å². The lowest BCUT2D eigenvalue weighted by Gasteiger charge is -2.29. The van der Waals surface area contributed by atoms with Crippen LogP contribution in [-0.2, 0) is 15.2 Å². The van der Waals surface area contributed by atoms with E-state index in [1.165, 1.54) is 12.1 Å². The first-order chi connectivity index (χ1) is 15.7. The Labute approximate surface area is 190 Å². The molecule has 0 saturated heterocycles. The van der Waals surface area contributed by atoms with E-state index in [4.69, 9.17) is 16.4 Å². The van der Waals surface area contributed by atoms with Gasteiger partial charge in [-0.25, -0.2) is 4.39 Å². The Bertz CT molecular complexity index is 1270. The van der Waals surface area contributed by atoms with E-state index in [0.717, 1.165) is 18.2 Å². The summed E-state index contributed by atoms with van der Waals surface area (Å²) in [6, 6.07) is 12.1. The first-order valence-corrected chi connectivity index (χ1v) is 10.1. The molecule has 170 valence electrons. The number of oxime groups is 1. The van der Waals surface area contributed by atoms with Crippen molar-refractivity contribution < 1.29 is 32.0 Å². The number of nitrogens with one attached hydrogen (secondary N) is 1. The number of nitrogens with zero attached hydrogens (tertiary/aromatic N) is 1. The largest absolute Gasteiger partial charge is 0.435 e. The van der Waals surface area contributed by atoms with E-state index in [9.17, 15) is 27.2 Å². The van der Waals surface area contributed by atoms with E-state index < -0.39 is 35.5 Å². The summed E-state index contributed by atoms with van der Waals surface area (Å²) < 4.78 is 56.5. The summed E-state index contributed by atoms with van der Waals surface area (Å²) in [5, 5.41) is 6.87. The number of carbonyl (C=O) groups excluding carboxylic acids is 2. The molecule has 1 N–H and O–H groups in total. The van der Waals surface area contributed by atoms with Crippen molar-refractivity contribution in [2.75, 3.05) is 6.54 Å². The topological polar surface area (TPSA) is 67.8 Å². The summed E-state index contributed by atoms with van der Waals surface area (Å²) in [5.74, 6) is -1.44. The standard InChI is InChI=1S/C23H15ClF4N2O3/c24-14-9-13(10-15(25)11-14)22(23(26,27)28)12-20(30-33-22)18-5-6-19(21(32)29-7-8-31)17-4-2-1-3-16(17)18/h1-6,8-11H,7,12H2,(H,29,32). The second kappa shape index (κ2) is 8.47. The second-order valence-electron chi connectivity index (χ2n) is 7.37. The van der Waals surface area contributed by atoms with Crippen LogP contribution >= 0.6 is 11.6 Å². The van der Waals surface area contributed by atoms with Crippen molar-refractivity contribution in [3.63, 3.8) is 0 Å². The highest BCUT2D eigenvalue weighted by Gasteiger charge is 2.62. The molecular formula is C23H15ClF4N2O3. The highest BCUT2D eigenvalue weighted by molar-refractivity contribution is 6.30. The third kappa shape index (κ3) is 4.04. The molecule has 0 spiro atoms. The number of carbonyl (C=O) groups is 2. The van der Waals surface area contributed by atoms with E-state index in [-0.39, 0.29) is 22.8 Å². The summed E-state index contributed by atoms with van der Waals surface area (Å²) in [6.45, 7) is -0.181. The maximum Gasteiger partial charge on any atom is 0.435 e. The monoisotopic (exact) mass is 478 g/mol. The zero-order valence-electron chi connectivity index (χ0n) is 16.7. The van der Waals surface area contributed by atoms with Gasteiger partial charge in [-0.1, -0.05) is 47.1 Å². The Kier molecular flexibility index (Phi) is 5.84. The van der Waals surface area contributed by atoms with Gasteiger partial charge in [0.25, 0.3) is 11.5 Å². The molecule has 1 aliphatic heterocycles. The number of benzene rings is 3. The molecule has 0 aromatic heterocycles. The highest BCUT2D eigenvalue weighted by Crippen LogP contribution is 2.49. The van der Waals surface area contributed by atoms with Crippen molar-refractivity contribution in [2.45, 2.75) is 18.2 Å². The Morgan fingerprint density at radius 3 is 2.55 bits per heavy atom. The van der Waals surface area contributed by atoms with E-state index in [1.54, 1.807) is 24.3 Å². The molecule has 1 heterocycles. The number of hydrogen-bond donors (Lipinski definition) is 1. The molecule has 10 heteroatoms. The molecule has 1 amide bonds. The molecule has 1 atom stereocenters. The summed E-state index contributed by atoms with van der Waals surface area (Å²) in [4.78, 5) is 27.9. The fourth-order valence-corrected chi connectivity index (χ4v) is 4.04. The number of rotatable bonds is 5. The van der Waals surface area contributed by atoms with Gasteiger partial charge in [0.2, 0.25) is 0 Å². The Balaban J connectivity index is 1.79. The minimum absolute atomic E-state index is 0.0243. The second-order valence-corrected chi connectivity index (χ2v) is 7.81. The van der Waals surface area contributed by atoms with Crippen molar-refractivity contribution in [3.8, 4) is 0 Å². The number of halogens is 5. The van der Waals surface area contributed by atoms with Gasteiger partial charge in [-0.05, 0) is 35.0 Å². The van der Waals surface area contributed by atoms with E-state index >= 15 is 0 Å². The number of amides is 1. The Morgan fingerprint density at radius 1 is 1.15 bits per heavy atom. The van der Waals surface area contributed by atoms with Gasteiger partial charge in [0.1, 0.15) is 12.1 Å². The molecule has 0 bridgehead atoms. The molecule has 0 radical (unpaired) electrons. The third-order valence-corrected chi connectivity index (χ3v) is 5.56. The molecule has 3 aromatic rings. The average molecular weight is 479 g/mol. The lowest BCUT2D eigenvalue weighted by Crippen LogP contribution is -2.42. The molecule has 3 aromatic carbocycles. The molecule has 1 unspecified atom stereocenters. The third-order valence-electron chi connectivity index (χ3n) is 5.34. The van der Waals surface area contributed by atoms with E-state index in [1.807, 2.05) is 0 Å².